The summed E-state index contributed by atoms with van der Waals surface area (Å²) in [4.78, 5) is 11.3. The van der Waals surface area contributed by atoms with Gasteiger partial charge in [-0.3, -0.25) is 4.79 Å². The average molecular weight is 309 g/mol. The summed E-state index contributed by atoms with van der Waals surface area (Å²) in [5.74, 6) is -0.304. The third-order valence-corrected chi connectivity index (χ3v) is 2.56. The van der Waals surface area contributed by atoms with Gasteiger partial charge in [0.2, 0.25) is 0 Å². The first-order valence-corrected chi connectivity index (χ1v) is 5.08. The number of halogens is 2. The van der Waals surface area contributed by atoms with E-state index in [2.05, 4.69) is 37.2 Å². The largest absolute Gasteiger partial charge is 0.376 e. The van der Waals surface area contributed by atoms with Crippen molar-refractivity contribution in [2.45, 2.75) is 0 Å². The fraction of sp³-hybridized carbons (Fsp3) is 0.125. The maximum absolute atomic E-state index is 11.3. The number of rotatable bonds is 2. The molecule has 2 N–H and O–H groups in total. The van der Waals surface area contributed by atoms with Crippen LogP contribution in [0.5, 0.6) is 0 Å². The normalized spacial score (nSPS) is 9.77. The number of benzene rings is 1. The summed E-state index contributed by atoms with van der Waals surface area (Å²) >= 11 is 6.52. The minimum atomic E-state index is -0.360. The van der Waals surface area contributed by atoms with Crippen molar-refractivity contribution in [3.8, 4) is 0 Å². The zero-order chi connectivity index (χ0) is 9.84. The number of hydrogen-bond acceptors (Lipinski definition) is 2. The van der Waals surface area contributed by atoms with Gasteiger partial charge in [-0.25, -0.2) is 0 Å². The van der Waals surface area contributed by atoms with Crippen molar-refractivity contribution in [3.63, 3.8) is 0 Å². The van der Waals surface area contributed by atoms with E-state index in [0.29, 0.717) is 10.0 Å². The van der Waals surface area contributed by atoms with Gasteiger partial charge in [-0.1, -0.05) is 15.9 Å². The molecule has 0 bridgehead atoms. The standard InChI is InChI=1S/C8H7Br2NO2/c9-5-1-2-6(7(10)3-5)8(13)11-4-12/h1-3,12H,4H2,(H,11,13). The van der Waals surface area contributed by atoms with Crippen LogP contribution in [-0.4, -0.2) is 17.7 Å². The fourth-order valence-electron chi connectivity index (χ4n) is 0.841. The predicted molar refractivity (Wildman–Crippen MR) is 56.4 cm³/mol. The summed E-state index contributed by atoms with van der Waals surface area (Å²) in [6, 6.07) is 5.20. The summed E-state index contributed by atoms with van der Waals surface area (Å²) in [7, 11) is 0. The van der Waals surface area contributed by atoms with Crippen LogP contribution in [0, 0.1) is 0 Å². The molecule has 0 saturated heterocycles. The van der Waals surface area contributed by atoms with Crippen LogP contribution in [0.1, 0.15) is 10.4 Å². The van der Waals surface area contributed by atoms with Gasteiger partial charge >= 0.3 is 0 Å². The molecule has 1 aromatic rings. The van der Waals surface area contributed by atoms with Gasteiger partial charge in [0.05, 0.1) is 5.56 Å². The second-order valence-corrected chi connectivity index (χ2v) is 4.06. The molecule has 1 rings (SSSR count). The van der Waals surface area contributed by atoms with Gasteiger partial charge in [-0.05, 0) is 34.1 Å². The van der Waals surface area contributed by atoms with Crippen LogP contribution in [0.15, 0.2) is 27.1 Å². The first-order chi connectivity index (χ1) is 6.15. The lowest BCUT2D eigenvalue weighted by Crippen LogP contribution is -2.24. The second-order valence-electron chi connectivity index (χ2n) is 2.29. The lowest BCUT2D eigenvalue weighted by atomic mass is 10.2. The molecule has 0 aromatic heterocycles. The molecule has 0 heterocycles. The van der Waals surface area contributed by atoms with Gasteiger partial charge in [0.15, 0.2) is 0 Å². The Hall–Kier alpha value is -0.390. The number of carbonyl (C=O) groups is 1. The highest BCUT2D eigenvalue weighted by molar-refractivity contribution is 9.11. The van der Waals surface area contributed by atoms with Crippen LogP contribution >= 0.6 is 31.9 Å². The lowest BCUT2D eigenvalue weighted by Gasteiger charge is -2.03. The lowest BCUT2D eigenvalue weighted by molar-refractivity contribution is 0.0909. The van der Waals surface area contributed by atoms with Crippen LogP contribution in [0.25, 0.3) is 0 Å². The van der Waals surface area contributed by atoms with Crippen LogP contribution in [0.2, 0.25) is 0 Å². The van der Waals surface area contributed by atoms with Crippen LogP contribution < -0.4 is 5.32 Å². The summed E-state index contributed by atoms with van der Waals surface area (Å²) < 4.78 is 1.58. The Morgan fingerprint density at radius 3 is 2.69 bits per heavy atom. The van der Waals surface area contributed by atoms with E-state index in [9.17, 15) is 4.79 Å². The van der Waals surface area contributed by atoms with Gasteiger partial charge in [0.25, 0.3) is 5.91 Å². The molecule has 0 aliphatic rings. The topological polar surface area (TPSA) is 49.3 Å². The predicted octanol–water partition coefficient (Wildman–Crippen LogP) is 1.89. The van der Waals surface area contributed by atoms with Crippen molar-refractivity contribution in [3.05, 3.63) is 32.7 Å². The zero-order valence-corrected chi connectivity index (χ0v) is 9.72. The number of hydrogen-bond donors (Lipinski definition) is 2. The summed E-state index contributed by atoms with van der Waals surface area (Å²) in [5, 5.41) is 10.8. The zero-order valence-electron chi connectivity index (χ0n) is 6.55. The van der Waals surface area contributed by atoms with E-state index >= 15 is 0 Å². The Balaban J connectivity index is 2.95. The van der Waals surface area contributed by atoms with Gasteiger partial charge in [0.1, 0.15) is 6.73 Å². The molecule has 0 fully saturated rings. The second kappa shape index (κ2) is 4.74. The monoisotopic (exact) mass is 307 g/mol. The van der Waals surface area contributed by atoms with Crippen LogP contribution in [0.4, 0.5) is 0 Å². The summed E-state index contributed by atoms with van der Waals surface area (Å²) in [6.45, 7) is -0.360. The molecule has 70 valence electrons. The number of aliphatic hydroxyl groups is 1. The third-order valence-electron chi connectivity index (χ3n) is 1.42. The highest BCUT2D eigenvalue weighted by atomic mass is 79.9. The highest BCUT2D eigenvalue weighted by Gasteiger charge is 2.08. The molecule has 0 aliphatic heterocycles. The minimum absolute atomic E-state index is 0.304. The molecule has 1 aromatic carbocycles. The van der Waals surface area contributed by atoms with E-state index in [1.165, 1.54) is 0 Å². The van der Waals surface area contributed by atoms with E-state index in [4.69, 9.17) is 5.11 Å². The summed E-state index contributed by atoms with van der Waals surface area (Å²) in [6.07, 6.45) is 0. The maximum atomic E-state index is 11.3. The van der Waals surface area contributed by atoms with Gasteiger partial charge < -0.3 is 10.4 Å². The molecule has 1 amide bonds. The molecule has 0 aliphatic carbocycles. The molecule has 0 saturated carbocycles. The number of amides is 1. The Labute approximate surface area is 92.4 Å². The van der Waals surface area contributed by atoms with Crippen molar-refractivity contribution in [1.29, 1.82) is 0 Å². The van der Waals surface area contributed by atoms with Gasteiger partial charge in [0, 0.05) is 8.95 Å². The van der Waals surface area contributed by atoms with E-state index in [0.717, 1.165) is 4.47 Å². The quantitative estimate of drug-likeness (QED) is 0.820. The SMILES string of the molecule is O=C(NCO)c1ccc(Br)cc1Br. The van der Waals surface area contributed by atoms with Crippen molar-refractivity contribution in [2.75, 3.05) is 6.73 Å². The number of aliphatic hydroxyl groups excluding tert-OH is 1. The van der Waals surface area contributed by atoms with E-state index in [1.54, 1.807) is 18.2 Å². The van der Waals surface area contributed by atoms with Gasteiger partial charge in [-0.15, -0.1) is 0 Å². The van der Waals surface area contributed by atoms with Gasteiger partial charge in [-0.2, -0.15) is 0 Å². The minimum Gasteiger partial charge on any atom is -0.376 e. The molecule has 3 nitrogen and oxygen atoms in total. The molecule has 13 heavy (non-hydrogen) atoms. The molecule has 0 radical (unpaired) electrons. The Bertz CT molecular complexity index is 328. The Kier molecular flexibility index (Phi) is 3.90. The van der Waals surface area contributed by atoms with E-state index in [1.807, 2.05) is 0 Å². The Morgan fingerprint density at radius 2 is 2.15 bits per heavy atom. The first kappa shape index (κ1) is 10.7. The molecular formula is C8H7Br2NO2. The summed E-state index contributed by atoms with van der Waals surface area (Å²) in [5.41, 5.74) is 0.497. The number of carbonyl (C=O) groups excluding carboxylic acids is 1. The highest BCUT2D eigenvalue weighted by Crippen LogP contribution is 2.21. The Morgan fingerprint density at radius 1 is 1.46 bits per heavy atom. The van der Waals surface area contributed by atoms with Crippen molar-refractivity contribution >= 4 is 37.8 Å². The molecular weight excluding hydrogens is 302 g/mol. The van der Waals surface area contributed by atoms with Crippen molar-refractivity contribution in [1.82, 2.24) is 5.32 Å². The molecule has 0 atom stereocenters. The van der Waals surface area contributed by atoms with E-state index in [-0.39, 0.29) is 12.6 Å². The molecule has 5 heteroatoms. The maximum Gasteiger partial charge on any atom is 0.254 e. The molecule has 0 spiro atoms. The smallest absolute Gasteiger partial charge is 0.254 e. The third kappa shape index (κ3) is 2.79. The van der Waals surface area contributed by atoms with Crippen LogP contribution in [-0.2, 0) is 0 Å². The fourth-order valence-corrected chi connectivity index (χ4v) is 2.07. The molecule has 0 unspecified atom stereocenters. The van der Waals surface area contributed by atoms with Crippen LogP contribution in [0.3, 0.4) is 0 Å². The number of nitrogens with one attached hydrogen (secondary N) is 1. The van der Waals surface area contributed by atoms with Crippen molar-refractivity contribution in [2.24, 2.45) is 0 Å². The first-order valence-electron chi connectivity index (χ1n) is 3.49. The van der Waals surface area contributed by atoms with Crippen molar-refractivity contribution < 1.29 is 9.90 Å². The average Bonchev–Trinajstić information content (AvgIpc) is 2.04. The van der Waals surface area contributed by atoms with E-state index < -0.39 is 0 Å².